The van der Waals surface area contributed by atoms with Gasteiger partial charge in [0.15, 0.2) is 0 Å². The Labute approximate surface area is 107 Å². The van der Waals surface area contributed by atoms with E-state index in [1.165, 1.54) is 0 Å². The molecule has 16 heavy (non-hydrogen) atoms. The number of rotatable bonds is 2. The van der Waals surface area contributed by atoms with E-state index in [1.54, 1.807) is 11.8 Å². The van der Waals surface area contributed by atoms with Gasteiger partial charge in [0, 0.05) is 9.37 Å². The molecule has 1 aliphatic heterocycles. The van der Waals surface area contributed by atoms with E-state index in [-0.39, 0.29) is 12.0 Å². The van der Waals surface area contributed by atoms with Gasteiger partial charge in [-0.05, 0) is 28.1 Å². The van der Waals surface area contributed by atoms with Gasteiger partial charge in [-0.3, -0.25) is 0 Å². The summed E-state index contributed by atoms with van der Waals surface area (Å²) in [7, 11) is 0. The zero-order valence-corrected chi connectivity index (χ0v) is 11.0. The SMILES string of the molecule is OC1COCOCC1Sc1ccccc1Br. The monoisotopic (exact) mass is 304 g/mol. The lowest BCUT2D eigenvalue weighted by Gasteiger charge is -2.18. The molecule has 2 unspecified atom stereocenters. The fourth-order valence-corrected chi connectivity index (χ4v) is 3.06. The van der Waals surface area contributed by atoms with Crippen molar-refractivity contribution in [1.82, 2.24) is 0 Å². The smallest absolute Gasteiger partial charge is 0.146 e. The Morgan fingerprint density at radius 3 is 2.81 bits per heavy atom. The van der Waals surface area contributed by atoms with Crippen molar-refractivity contribution in [2.24, 2.45) is 0 Å². The van der Waals surface area contributed by atoms with Gasteiger partial charge in [0.25, 0.3) is 0 Å². The Morgan fingerprint density at radius 2 is 2.00 bits per heavy atom. The normalized spacial score (nSPS) is 26.4. The van der Waals surface area contributed by atoms with E-state index in [1.807, 2.05) is 24.3 Å². The van der Waals surface area contributed by atoms with Crippen LogP contribution in [0.25, 0.3) is 0 Å². The van der Waals surface area contributed by atoms with Crippen LogP contribution in [-0.4, -0.2) is 36.5 Å². The van der Waals surface area contributed by atoms with Crippen molar-refractivity contribution < 1.29 is 14.6 Å². The maximum atomic E-state index is 9.86. The van der Waals surface area contributed by atoms with Gasteiger partial charge in [-0.2, -0.15) is 0 Å². The highest BCUT2D eigenvalue weighted by molar-refractivity contribution is 9.10. The van der Waals surface area contributed by atoms with Crippen LogP contribution in [-0.2, 0) is 9.47 Å². The van der Waals surface area contributed by atoms with Gasteiger partial charge >= 0.3 is 0 Å². The summed E-state index contributed by atoms with van der Waals surface area (Å²) in [6.07, 6.45) is -0.486. The van der Waals surface area contributed by atoms with Crippen molar-refractivity contribution in [3.05, 3.63) is 28.7 Å². The molecular weight excluding hydrogens is 292 g/mol. The Morgan fingerprint density at radius 1 is 1.25 bits per heavy atom. The van der Waals surface area contributed by atoms with Crippen LogP contribution in [0, 0.1) is 0 Å². The fourth-order valence-electron chi connectivity index (χ4n) is 1.43. The van der Waals surface area contributed by atoms with Crippen LogP contribution in [0.5, 0.6) is 0 Å². The standard InChI is InChI=1S/C11H13BrO3S/c12-8-3-1-2-4-10(8)16-11-6-15-7-14-5-9(11)13/h1-4,9,11,13H,5-7H2. The molecule has 0 spiro atoms. The average molecular weight is 305 g/mol. The van der Waals surface area contributed by atoms with E-state index >= 15 is 0 Å². The average Bonchev–Trinajstić information content (AvgIpc) is 2.48. The van der Waals surface area contributed by atoms with Gasteiger partial charge in [0.1, 0.15) is 6.79 Å². The van der Waals surface area contributed by atoms with Crippen molar-refractivity contribution in [3.8, 4) is 0 Å². The lowest BCUT2D eigenvalue weighted by molar-refractivity contribution is -0.0420. The summed E-state index contributed by atoms with van der Waals surface area (Å²) in [4.78, 5) is 1.11. The Bertz CT molecular complexity index is 348. The molecule has 5 heteroatoms. The molecule has 0 aromatic heterocycles. The van der Waals surface area contributed by atoms with Crippen LogP contribution in [0.15, 0.2) is 33.6 Å². The molecule has 1 aliphatic rings. The zero-order chi connectivity index (χ0) is 11.4. The molecule has 1 heterocycles. The van der Waals surface area contributed by atoms with E-state index in [2.05, 4.69) is 15.9 Å². The Hall–Kier alpha value is -0.0700. The number of hydrogen-bond acceptors (Lipinski definition) is 4. The molecule has 1 saturated heterocycles. The molecule has 1 aromatic carbocycles. The minimum absolute atomic E-state index is 0.0150. The third-order valence-electron chi connectivity index (χ3n) is 2.28. The third-order valence-corrected chi connectivity index (χ3v) is 4.60. The summed E-state index contributed by atoms with van der Waals surface area (Å²) < 4.78 is 11.4. The van der Waals surface area contributed by atoms with Gasteiger partial charge in [0.05, 0.1) is 24.6 Å². The van der Waals surface area contributed by atoms with Crippen LogP contribution in [0.1, 0.15) is 0 Å². The number of thioether (sulfide) groups is 1. The maximum absolute atomic E-state index is 9.86. The van der Waals surface area contributed by atoms with Gasteiger partial charge in [-0.25, -0.2) is 0 Å². The van der Waals surface area contributed by atoms with Gasteiger partial charge < -0.3 is 14.6 Å². The minimum Gasteiger partial charge on any atom is -0.389 e. The van der Waals surface area contributed by atoms with Crippen LogP contribution in [0.3, 0.4) is 0 Å². The number of ether oxygens (including phenoxy) is 2. The fraction of sp³-hybridized carbons (Fsp3) is 0.455. The Kier molecular flexibility index (Phi) is 4.66. The van der Waals surface area contributed by atoms with E-state index in [0.717, 1.165) is 9.37 Å². The molecule has 2 rings (SSSR count). The third kappa shape index (κ3) is 3.21. The molecule has 0 bridgehead atoms. The summed E-state index contributed by atoms with van der Waals surface area (Å²) in [5, 5.41) is 9.88. The second-order valence-electron chi connectivity index (χ2n) is 3.51. The van der Waals surface area contributed by atoms with Crippen molar-refractivity contribution >= 4 is 27.7 Å². The second kappa shape index (κ2) is 6.02. The van der Waals surface area contributed by atoms with Crippen LogP contribution >= 0.6 is 27.7 Å². The van der Waals surface area contributed by atoms with E-state index in [0.29, 0.717) is 13.2 Å². The summed E-state index contributed by atoms with van der Waals surface area (Å²) in [6.45, 7) is 1.11. The van der Waals surface area contributed by atoms with Crippen molar-refractivity contribution in [3.63, 3.8) is 0 Å². The lowest BCUT2D eigenvalue weighted by Crippen LogP contribution is -2.28. The summed E-state index contributed by atoms with van der Waals surface area (Å²) >= 11 is 5.10. The number of aliphatic hydroxyl groups excluding tert-OH is 1. The van der Waals surface area contributed by atoms with E-state index in [9.17, 15) is 5.11 Å². The first-order valence-electron chi connectivity index (χ1n) is 5.02. The second-order valence-corrected chi connectivity index (χ2v) is 5.65. The van der Waals surface area contributed by atoms with Gasteiger partial charge in [-0.15, -0.1) is 11.8 Å². The number of benzene rings is 1. The summed E-state index contributed by atoms with van der Waals surface area (Å²) in [5.41, 5.74) is 0. The number of halogens is 1. The first-order chi connectivity index (χ1) is 7.77. The first-order valence-corrected chi connectivity index (χ1v) is 6.69. The highest BCUT2D eigenvalue weighted by Gasteiger charge is 2.24. The molecule has 3 nitrogen and oxygen atoms in total. The molecule has 0 saturated carbocycles. The predicted molar refractivity (Wildman–Crippen MR) is 66.6 cm³/mol. The Balaban J connectivity index is 2.05. The molecule has 0 amide bonds. The molecule has 1 N–H and O–H groups in total. The van der Waals surface area contributed by atoms with Crippen LogP contribution in [0.4, 0.5) is 0 Å². The molecule has 1 aromatic rings. The lowest BCUT2D eigenvalue weighted by atomic mass is 10.3. The van der Waals surface area contributed by atoms with Gasteiger partial charge in [-0.1, -0.05) is 12.1 Å². The molecule has 2 atom stereocenters. The van der Waals surface area contributed by atoms with Crippen LogP contribution in [0.2, 0.25) is 0 Å². The largest absolute Gasteiger partial charge is 0.389 e. The number of hydrogen-bond donors (Lipinski definition) is 1. The number of aliphatic hydroxyl groups is 1. The highest BCUT2D eigenvalue weighted by Crippen LogP contribution is 2.32. The predicted octanol–water partition coefficient (Wildman–Crippen LogP) is 2.28. The molecule has 0 radical (unpaired) electrons. The topological polar surface area (TPSA) is 38.7 Å². The first kappa shape index (κ1) is 12.4. The molecule has 0 aliphatic carbocycles. The van der Waals surface area contributed by atoms with Crippen LogP contribution < -0.4 is 0 Å². The van der Waals surface area contributed by atoms with Gasteiger partial charge in [0.2, 0.25) is 0 Å². The van der Waals surface area contributed by atoms with Crippen molar-refractivity contribution in [2.45, 2.75) is 16.2 Å². The van der Waals surface area contributed by atoms with E-state index in [4.69, 9.17) is 9.47 Å². The quantitative estimate of drug-likeness (QED) is 0.910. The van der Waals surface area contributed by atoms with Crippen molar-refractivity contribution in [2.75, 3.05) is 20.0 Å². The maximum Gasteiger partial charge on any atom is 0.146 e. The zero-order valence-electron chi connectivity index (χ0n) is 8.64. The minimum atomic E-state index is -0.486. The summed E-state index contributed by atoms with van der Waals surface area (Å²) in [5.74, 6) is 0. The molecule has 1 fully saturated rings. The molecule has 88 valence electrons. The van der Waals surface area contributed by atoms with Crippen molar-refractivity contribution in [1.29, 1.82) is 0 Å². The molecular formula is C11H13BrO3S. The highest BCUT2D eigenvalue weighted by atomic mass is 79.9. The summed E-state index contributed by atoms with van der Waals surface area (Å²) in [6, 6.07) is 7.96. The van der Waals surface area contributed by atoms with E-state index < -0.39 is 6.10 Å².